The summed E-state index contributed by atoms with van der Waals surface area (Å²) in [6.07, 6.45) is 0.0292. The number of carbonyl (C=O) groups excluding carboxylic acids is 1. The summed E-state index contributed by atoms with van der Waals surface area (Å²) >= 11 is 0. The molecule has 2 rings (SSSR count). The van der Waals surface area contributed by atoms with E-state index < -0.39 is 6.10 Å². The van der Waals surface area contributed by atoms with Crippen molar-refractivity contribution in [2.45, 2.75) is 32.9 Å². The minimum absolute atomic E-state index is 0.140. The van der Waals surface area contributed by atoms with Crippen molar-refractivity contribution in [3.8, 4) is 17.2 Å². The Morgan fingerprint density at radius 1 is 1.04 bits per heavy atom. The molecular weight excluding hydrogens is 318 g/mol. The molecule has 134 valence electrons. The average molecular weight is 343 g/mol. The van der Waals surface area contributed by atoms with E-state index in [1.165, 1.54) is 0 Å². The zero-order valence-electron chi connectivity index (χ0n) is 15.0. The summed E-state index contributed by atoms with van der Waals surface area (Å²) in [6.45, 7) is 4.95. The Morgan fingerprint density at radius 3 is 2.40 bits per heavy atom. The molecule has 1 amide bonds. The molecule has 0 radical (unpaired) electrons. The van der Waals surface area contributed by atoms with Crippen LogP contribution in [0.15, 0.2) is 48.5 Å². The average Bonchev–Trinajstić information content (AvgIpc) is 2.65. The third kappa shape index (κ3) is 5.71. The Hall–Kier alpha value is -2.69. The molecular formula is C20H25NO4. The third-order valence-electron chi connectivity index (χ3n) is 3.68. The van der Waals surface area contributed by atoms with Gasteiger partial charge < -0.3 is 19.5 Å². The van der Waals surface area contributed by atoms with Gasteiger partial charge >= 0.3 is 0 Å². The molecule has 5 nitrogen and oxygen atoms in total. The largest absolute Gasteiger partial charge is 0.497 e. The van der Waals surface area contributed by atoms with Crippen LogP contribution >= 0.6 is 0 Å². The molecule has 0 spiro atoms. The summed E-state index contributed by atoms with van der Waals surface area (Å²) in [5.41, 5.74) is 1.01. The number of hydrogen-bond acceptors (Lipinski definition) is 4. The van der Waals surface area contributed by atoms with Crippen LogP contribution < -0.4 is 19.5 Å². The number of rotatable bonds is 9. The molecule has 0 aliphatic carbocycles. The maximum Gasteiger partial charge on any atom is 0.261 e. The van der Waals surface area contributed by atoms with Gasteiger partial charge in [-0.15, -0.1) is 0 Å². The first-order chi connectivity index (χ1) is 12.2. The van der Waals surface area contributed by atoms with Crippen molar-refractivity contribution in [2.75, 3.05) is 13.7 Å². The van der Waals surface area contributed by atoms with Gasteiger partial charge in [-0.1, -0.05) is 25.1 Å². The van der Waals surface area contributed by atoms with Gasteiger partial charge in [0.25, 0.3) is 5.91 Å². The highest BCUT2D eigenvalue weighted by atomic mass is 16.5. The molecule has 2 aromatic rings. The first-order valence-electron chi connectivity index (χ1n) is 8.46. The SMILES string of the molecule is CCOc1ccc(CNC(=O)C(CC)Oc2cccc(OC)c2)cc1. The van der Waals surface area contributed by atoms with Crippen LogP contribution in [0.4, 0.5) is 0 Å². The second-order valence-corrected chi connectivity index (χ2v) is 5.49. The van der Waals surface area contributed by atoms with Crippen molar-refractivity contribution in [3.63, 3.8) is 0 Å². The van der Waals surface area contributed by atoms with Crippen molar-refractivity contribution in [1.82, 2.24) is 5.32 Å². The van der Waals surface area contributed by atoms with Crippen molar-refractivity contribution < 1.29 is 19.0 Å². The summed E-state index contributed by atoms with van der Waals surface area (Å²) in [7, 11) is 1.60. The Kier molecular flexibility index (Phi) is 7.14. The van der Waals surface area contributed by atoms with E-state index >= 15 is 0 Å². The standard InChI is InChI=1S/C20H25NO4/c1-4-19(25-18-8-6-7-17(13-18)23-3)20(22)21-14-15-9-11-16(12-10-15)24-5-2/h6-13,19H,4-5,14H2,1-3H3,(H,21,22). The second-order valence-electron chi connectivity index (χ2n) is 5.49. The number of benzene rings is 2. The van der Waals surface area contributed by atoms with Gasteiger partial charge in [0.15, 0.2) is 6.10 Å². The van der Waals surface area contributed by atoms with Crippen LogP contribution in [-0.2, 0) is 11.3 Å². The Labute approximate surface area is 148 Å². The van der Waals surface area contributed by atoms with E-state index in [1.54, 1.807) is 13.2 Å². The van der Waals surface area contributed by atoms with Crippen LogP contribution in [0.1, 0.15) is 25.8 Å². The fourth-order valence-corrected chi connectivity index (χ4v) is 2.33. The molecule has 1 N–H and O–H groups in total. The predicted octanol–water partition coefficient (Wildman–Crippen LogP) is 3.57. The summed E-state index contributed by atoms with van der Waals surface area (Å²) < 4.78 is 16.4. The number of methoxy groups -OCH3 is 1. The minimum atomic E-state index is -0.546. The van der Waals surface area contributed by atoms with Gasteiger partial charge in [-0.3, -0.25) is 4.79 Å². The third-order valence-corrected chi connectivity index (χ3v) is 3.68. The number of hydrogen-bond donors (Lipinski definition) is 1. The van der Waals surface area contributed by atoms with E-state index in [0.717, 1.165) is 11.3 Å². The molecule has 25 heavy (non-hydrogen) atoms. The van der Waals surface area contributed by atoms with Crippen LogP contribution in [0.2, 0.25) is 0 Å². The first-order valence-corrected chi connectivity index (χ1v) is 8.46. The topological polar surface area (TPSA) is 56.8 Å². The van der Waals surface area contributed by atoms with Crippen molar-refractivity contribution in [2.24, 2.45) is 0 Å². The Balaban J connectivity index is 1.90. The van der Waals surface area contributed by atoms with Crippen LogP contribution in [0.3, 0.4) is 0 Å². The lowest BCUT2D eigenvalue weighted by molar-refractivity contribution is -0.128. The molecule has 0 saturated heterocycles. The van der Waals surface area contributed by atoms with Gasteiger partial charge in [0, 0.05) is 12.6 Å². The number of amides is 1. The van der Waals surface area contributed by atoms with Crippen molar-refractivity contribution in [3.05, 3.63) is 54.1 Å². The lowest BCUT2D eigenvalue weighted by Crippen LogP contribution is -2.37. The lowest BCUT2D eigenvalue weighted by atomic mass is 10.2. The number of carbonyl (C=O) groups is 1. The maximum absolute atomic E-state index is 12.4. The summed E-state index contributed by atoms with van der Waals surface area (Å²) in [6, 6.07) is 14.9. The van der Waals surface area contributed by atoms with Crippen LogP contribution in [0, 0.1) is 0 Å². The summed E-state index contributed by atoms with van der Waals surface area (Å²) in [4.78, 5) is 12.4. The van der Waals surface area contributed by atoms with E-state index in [2.05, 4.69) is 5.32 Å². The zero-order valence-corrected chi connectivity index (χ0v) is 15.0. The Morgan fingerprint density at radius 2 is 1.76 bits per heavy atom. The lowest BCUT2D eigenvalue weighted by Gasteiger charge is -2.17. The van der Waals surface area contributed by atoms with E-state index in [4.69, 9.17) is 14.2 Å². The second kappa shape index (κ2) is 9.57. The smallest absolute Gasteiger partial charge is 0.261 e. The highest BCUT2D eigenvalue weighted by molar-refractivity contribution is 5.81. The highest BCUT2D eigenvalue weighted by Crippen LogP contribution is 2.20. The van der Waals surface area contributed by atoms with Crippen LogP contribution in [0.5, 0.6) is 17.2 Å². The van der Waals surface area contributed by atoms with Gasteiger partial charge in [0.05, 0.1) is 13.7 Å². The van der Waals surface area contributed by atoms with E-state index in [1.807, 2.05) is 56.3 Å². The van der Waals surface area contributed by atoms with E-state index in [0.29, 0.717) is 31.1 Å². The van der Waals surface area contributed by atoms with Crippen molar-refractivity contribution in [1.29, 1.82) is 0 Å². The van der Waals surface area contributed by atoms with Crippen LogP contribution in [0.25, 0.3) is 0 Å². The molecule has 1 unspecified atom stereocenters. The molecule has 0 saturated carbocycles. The molecule has 0 aliphatic heterocycles. The molecule has 0 heterocycles. The summed E-state index contributed by atoms with van der Waals surface area (Å²) in [5, 5.41) is 2.91. The fourth-order valence-electron chi connectivity index (χ4n) is 2.33. The molecule has 1 atom stereocenters. The van der Waals surface area contributed by atoms with E-state index in [-0.39, 0.29) is 5.91 Å². The molecule has 0 aromatic heterocycles. The quantitative estimate of drug-likeness (QED) is 0.756. The van der Waals surface area contributed by atoms with Gasteiger partial charge in [-0.2, -0.15) is 0 Å². The monoisotopic (exact) mass is 343 g/mol. The predicted molar refractivity (Wildman–Crippen MR) is 97.2 cm³/mol. The first kappa shape index (κ1) is 18.6. The van der Waals surface area contributed by atoms with Crippen molar-refractivity contribution >= 4 is 5.91 Å². The zero-order chi connectivity index (χ0) is 18.1. The van der Waals surface area contributed by atoms with Gasteiger partial charge in [-0.05, 0) is 43.2 Å². The fraction of sp³-hybridized carbons (Fsp3) is 0.350. The highest BCUT2D eigenvalue weighted by Gasteiger charge is 2.18. The molecule has 0 bridgehead atoms. The molecule has 5 heteroatoms. The molecule has 0 aliphatic rings. The maximum atomic E-state index is 12.4. The molecule has 2 aromatic carbocycles. The normalized spacial score (nSPS) is 11.5. The van der Waals surface area contributed by atoms with Crippen LogP contribution in [-0.4, -0.2) is 25.7 Å². The van der Waals surface area contributed by atoms with Gasteiger partial charge in [0.2, 0.25) is 0 Å². The number of nitrogens with one attached hydrogen (secondary N) is 1. The van der Waals surface area contributed by atoms with Gasteiger partial charge in [0.1, 0.15) is 17.2 Å². The Bertz CT molecular complexity index is 670. The minimum Gasteiger partial charge on any atom is -0.497 e. The van der Waals surface area contributed by atoms with Gasteiger partial charge in [-0.25, -0.2) is 0 Å². The summed E-state index contributed by atoms with van der Waals surface area (Å²) in [5.74, 6) is 1.99. The number of ether oxygens (including phenoxy) is 3. The molecule has 0 fully saturated rings. The van der Waals surface area contributed by atoms with E-state index in [9.17, 15) is 4.79 Å².